The van der Waals surface area contributed by atoms with Gasteiger partial charge in [0.2, 0.25) is 0 Å². The number of nitrogens with one attached hydrogen (secondary N) is 1. The summed E-state index contributed by atoms with van der Waals surface area (Å²) in [6.45, 7) is 3.27. The van der Waals surface area contributed by atoms with Crippen molar-refractivity contribution in [3.05, 3.63) is 12.4 Å². The summed E-state index contributed by atoms with van der Waals surface area (Å²) in [6.07, 6.45) is 28.4. The van der Waals surface area contributed by atoms with Crippen LogP contribution in [0.25, 0.3) is 0 Å². The van der Waals surface area contributed by atoms with Crippen molar-refractivity contribution < 1.29 is 5.11 Å². The zero-order chi connectivity index (χ0) is 18.7. The molecule has 0 spiro atoms. The lowest BCUT2D eigenvalue weighted by Crippen LogP contribution is -2.36. The number of β-amino-alcohol motifs (C(OH)–C–C–N with tert-alkyl or cyclic N) is 1. The average Bonchev–Trinajstić information content (AvgIpc) is 3.09. The number of unbranched alkanes of at least 4 members (excludes halogenated alkanes) is 15. The van der Waals surface area contributed by atoms with Gasteiger partial charge in [0.25, 0.3) is 0 Å². The highest BCUT2D eigenvalue weighted by Crippen LogP contribution is 2.16. The Morgan fingerprint density at radius 2 is 1.19 bits per heavy atom. The lowest BCUT2D eigenvalue weighted by Gasteiger charge is -2.24. The molecule has 1 aliphatic rings. The van der Waals surface area contributed by atoms with Gasteiger partial charge in [-0.05, 0) is 12.8 Å². The van der Waals surface area contributed by atoms with E-state index < -0.39 is 0 Å². The molecule has 0 fully saturated rings. The largest absolute Gasteiger partial charge is 0.395 e. The minimum Gasteiger partial charge on any atom is -0.395 e. The molecule has 154 valence electrons. The zero-order valence-corrected chi connectivity index (χ0v) is 17.6. The van der Waals surface area contributed by atoms with Gasteiger partial charge in [0.1, 0.15) is 0 Å². The van der Waals surface area contributed by atoms with Gasteiger partial charge in [0.05, 0.1) is 12.8 Å². The molecule has 0 aliphatic carbocycles. The normalized spacial score (nSPS) is 16.4. The molecule has 0 saturated carbocycles. The summed E-state index contributed by atoms with van der Waals surface area (Å²) in [4.78, 5) is 2.21. The van der Waals surface area contributed by atoms with Gasteiger partial charge >= 0.3 is 0 Å². The van der Waals surface area contributed by atoms with Crippen molar-refractivity contribution in [3.8, 4) is 0 Å². The van der Waals surface area contributed by atoms with Crippen LogP contribution in [0.4, 0.5) is 0 Å². The van der Waals surface area contributed by atoms with Gasteiger partial charge in [-0.15, -0.1) is 0 Å². The molecule has 0 aromatic carbocycles. The Morgan fingerprint density at radius 1 is 0.731 bits per heavy atom. The summed E-state index contributed by atoms with van der Waals surface area (Å²) < 4.78 is 0. The van der Waals surface area contributed by atoms with Crippen LogP contribution in [0.15, 0.2) is 12.4 Å². The van der Waals surface area contributed by atoms with E-state index in [1.54, 1.807) is 0 Å². The standard InChI is InChI=1S/C23H46N2O/c1-2-3-4-5-6-7-8-9-10-11-12-13-14-15-16-17-18-23-24-19-20-25(23)21-22-26/h19-20,23-24,26H,2-18,21-22H2,1H3. The second-order valence-corrected chi connectivity index (χ2v) is 8.05. The molecular formula is C23H46N2O. The molecule has 2 N–H and O–H groups in total. The SMILES string of the molecule is CCCCCCCCCCCCCCCCCCC1NC=CN1CCO. The quantitative estimate of drug-likeness (QED) is 0.262. The molecule has 0 saturated heterocycles. The monoisotopic (exact) mass is 366 g/mol. The van der Waals surface area contributed by atoms with Crippen LogP contribution in [-0.4, -0.2) is 29.3 Å². The Balaban J connectivity index is 1.73. The van der Waals surface area contributed by atoms with Gasteiger partial charge in [0.15, 0.2) is 0 Å². The molecular weight excluding hydrogens is 320 g/mol. The first-order chi connectivity index (χ1) is 12.9. The summed E-state index contributed by atoms with van der Waals surface area (Å²) in [5.74, 6) is 0. The molecule has 26 heavy (non-hydrogen) atoms. The third kappa shape index (κ3) is 12.6. The van der Waals surface area contributed by atoms with E-state index in [1.807, 2.05) is 6.20 Å². The van der Waals surface area contributed by atoms with Gasteiger partial charge in [0, 0.05) is 18.9 Å². The van der Waals surface area contributed by atoms with Crippen LogP contribution < -0.4 is 5.32 Å². The topological polar surface area (TPSA) is 35.5 Å². The Hall–Kier alpha value is -0.700. The molecule has 0 bridgehead atoms. The summed E-state index contributed by atoms with van der Waals surface area (Å²) in [5, 5.41) is 12.4. The highest BCUT2D eigenvalue weighted by molar-refractivity contribution is 4.93. The maximum Gasteiger partial charge on any atom is 0.0982 e. The minimum absolute atomic E-state index is 0.238. The fraction of sp³-hybridized carbons (Fsp3) is 0.913. The van der Waals surface area contributed by atoms with Crippen LogP contribution in [0.3, 0.4) is 0 Å². The van der Waals surface area contributed by atoms with E-state index in [1.165, 1.54) is 109 Å². The van der Waals surface area contributed by atoms with Gasteiger partial charge in [-0.3, -0.25) is 0 Å². The van der Waals surface area contributed by atoms with E-state index in [2.05, 4.69) is 23.3 Å². The fourth-order valence-electron chi connectivity index (χ4n) is 3.93. The lowest BCUT2D eigenvalue weighted by atomic mass is 10.0. The van der Waals surface area contributed by atoms with Gasteiger partial charge in [-0.2, -0.15) is 0 Å². The first-order valence-corrected chi connectivity index (χ1v) is 11.7. The van der Waals surface area contributed by atoms with Crippen molar-refractivity contribution in [1.29, 1.82) is 0 Å². The Labute approximate surface area is 163 Å². The molecule has 0 amide bonds. The summed E-state index contributed by atoms with van der Waals surface area (Å²) in [6, 6.07) is 0. The van der Waals surface area contributed by atoms with Gasteiger partial charge in [-0.25, -0.2) is 0 Å². The summed E-state index contributed by atoms with van der Waals surface area (Å²) in [7, 11) is 0. The number of nitrogens with zero attached hydrogens (tertiary/aromatic N) is 1. The van der Waals surface area contributed by atoms with E-state index in [0.29, 0.717) is 6.17 Å². The number of aliphatic hydroxyl groups excluding tert-OH is 1. The van der Waals surface area contributed by atoms with Crippen molar-refractivity contribution in [3.63, 3.8) is 0 Å². The molecule has 3 nitrogen and oxygen atoms in total. The molecule has 1 heterocycles. The first-order valence-electron chi connectivity index (χ1n) is 11.7. The summed E-state index contributed by atoms with van der Waals surface area (Å²) in [5.41, 5.74) is 0. The van der Waals surface area contributed by atoms with Crippen LogP contribution in [-0.2, 0) is 0 Å². The highest BCUT2D eigenvalue weighted by Gasteiger charge is 2.16. The van der Waals surface area contributed by atoms with E-state index >= 15 is 0 Å². The number of hydrogen-bond donors (Lipinski definition) is 2. The number of rotatable bonds is 19. The van der Waals surface area contributed by atoms with E-state index in [9.17, 15) is 0 Å². The van der Waals surface area contributed by atoms with E-state index in [-0.39, 0.29) is 6.61 Å². The van der Waals surface area contributed by atoms with Crippen LogP contribution in [0.1, 0.15) is 116 Å². The number of aliphatic hydroxyl groups is 1. The fourth-order valence-corrected chi connectivity index (χ4v) is 3.93. The third-order valence-electron chi connectivity index (χ3n) is 5.64. The molecule has 3 heteroatoms. The minimum atomic E-state index is 0.238. The van der Waals surface area contributed by atoms with Crippen molar-refractivity contribution in [1.82, 2.24) is 10.2 Å². The molecule has 0 aromatic heterocycles. The lowest BCUT2D eigenvalue weighted by molar-refractivity contribution is 0.194. The second-order valence-electron chi connectivity index (χ2n) is 8.05. The number of hydrogen-bond acceptors (Lipinski definition) is 3. The van der Waals surface area contributed by atoms with Crippen molar-refractivity contribution in [2.75, 3.05) is 13.2 Å². The van der Waals surface area contributed by atoms with Gasteiger partial charge < -0.3 is 15.3 Å². The smallest absolute Gasteiger partial charge is 0.0982 e. The van der Waals surface area contributed by atoms with E-state index in [0.717, 1.165) is 6.54 Å². The maximum atomic E-state index is 9.05. The van der Waals surface area contributed by atoms with Crippen molar-refractivity contribution in [2.45, 2.75) is 122 Å². The second kappa shape index (κ2) is 17.7. The van der Waals surface area contributed by atoms with Crippen LogP contribution in [0.2, 0.25) is 0 Å². The van der Waals surface area contributed by atoms with Crippen LogP contribution in [0, 0.1) is 0 Å². The Morgan fingerprint density at radius 3 is 1.65 bits per heavy atom. The first kappa shape index (κ1) is 23.3. The maximum absolute atomic E-state index is 9.05. The van der Waals surface area contributed by atoms with Crippen LogP contribution in [0.5, 0.6) is 0 Å². The molecule has 0 aromatic rings. The zero-order valence-electron chi connectivity index (χ0n) is 17.6. The Bertz CT molecular complexity index is 319. The highest BCUT2D eigenvalue weighted by atomic mass is 16.3. The van der Waals surface area contributed by atoms with Crippen LogP contribution >= 0.6 is 0 Å². The predicted octanol–water partition coefficient (Wildman–Crippen LogP) is 6.33. The molecule has 1 unspecified atom stereocenters. The van der Waals surface area contributed by atoms with Crippen molar-refractivity contribution in [2.24, 2.45) is 0 Å². The van der Waals surface area contributed by atoms with Gasteiger partial charge in [-0.1, -0.05) is 103 Å². The summed E-state index contributed by atoms with van der Waals surface area (Å²) >= 11 is 0. The van der Waals surface area contributed by atoms with Crippen molar-refractivity contribution >= 4 is 0 Å². The third-order valence-corrected chi connectivity index (χ3v) is 5.64. The molecule has 1 atom stereocenters. The Kier molecular flexibility index (Phi) is 15.9. The molecule has 1 rings (SSSR count). The molecule has 0 radical (unpaired) electrons. The predicted molar refractivity (Wildman–Crippen MR) is 114 cm³/mol. The molecule has 1 aliphatic heterocycles. The average molecular weight is 367 g/mol. The van der Waals surface area contributed by atoms with E-state index in [4.69, 9.17) is 5.11 Å².